The first-order valence-corrected chi connectivity index (χ1v) is 7.79. The van der Waals surface area contributed by atoms with E-state index in [0.717, 1.165) is 32.4 Å². The topological polar surface area (TPSA) is 24.9 Å². The Hall–Kier alpha value is -0.160. The Kier molecular flexibility index (Phi) is 5.63. The monoisotopic (exact) mass is 270 g/mol. The van der Waals surface area contributed by atoms with Crippen molar-refractivity contribution in [2.45, 2.75) is 45.3 Å². The van der Waals surface area contributed by atoms with Crippen molar-refractivity contribution in [1.82, 2.24) is 9.80 Å². The van der Waals surface area contributed by atoms with Crippen LogP contribution in [0.15, 0.2) is 0 Å². The van der Waals surface area contributed by atoms with Gasteiger partial charge in [-0.3, -0.25) is 9.80 Å². The molecule has 1 atom stereocenters. The molecule has 0 spiro atoms. The van der Waals surface area contributed by atoms with Crippen LogP contribution in [0, 0.1) is 0 Å². The molecule has 2 aliphatic rings. The minimum atomic E-state index is 0.0645. The predicted octanol–water partition coefficient (Wildman–Crippen LogP) is 1.60. The molecule has 4 heteroatoms. The quantitative estimate of drug-likeness (QED) is 0.709. The van der Waals surface area contributed by atoms with Crippen LogP contribution in [-0.4, -0.2) is 74.0 Å². The summed E-state index contributed by atoms with van der Waals surface area (Å²) < 4.78 is 11.3. The maximum atomic E-state index is 5.82. The molecule has 0 amide bonds. The molecular weight excluding hydrogens is 240 g/mol. The first-order valence-electron chi connectivity index (χ1n) is 7.79. The van der Waals surface area contributed by atoms with E-state index in [2.05, 4.69) is 30.6 Å². The van der Waals surface area contributed by atoms with Crippen LogP contribution in [0.2, 0.25) is 0 Å². The second-order valence-corrected chi connectivity index (χ2v) is 6.33. The van der Waals surface area contributed by atoms with Crippen LogP contribution in [0.25, 0.3) is 0 Å². The second kappa shape index (κ2) is 7.02. The molecule has 2 aliphatic heterocycles. The van der Waals surface area contributed by atoms with Gasteiger partial charge in [0.25, 0.3) is 0 Å². The van der Waals surface area contributed by atoms with Crippen molar-refractivity contribution in [3.8, 4) is 0 Å². The summed E-state index contributed by atoms with van der Waals surface area (Å²) in [5, 5.41) is 0. The standard InChI is InChI=1S/C15H30N2O2/c1-4-18-12-10-16-6-8-17(9-7-16)14-5-11-19-15(2,3)13-14/h14H,4-13H2,1-3H3. The zero-order chi connectivity index (χ0) is 13.7. The van der Waals surface area contributed by atoms with Crippen molar-refractivity contribution < 1.29 is 9.47 Å². The van der Waals surface area contributed by atoms with E-state index in [1.165, 1.54) is 39.0 Å². The number of piperazine rings is 1. The molecule has 0 N–H and O–H groups in total. The smallest absolute Gasteiger partial charge is 0.0641 e. The number of ether oxygens (including phenoxy) is 2. The minimum absolute atomic E-state index is 0.0645. The number of nitrogens with zero attached hydrogens (tertiary/aromatic N) is 2. The lowest BCUT2D eigenvalue weighted by Gasteiger charge is -2.44. The van der Waals surface area contributed by atoms with Crippen molar-refractivity contribution in [2.75, 3.05) is 52.5 Å². The second-order valence-electron chi connectivity index (χ2n) is 6.33. The lowest BCUT2D eigenvalue weighted by atomic mass is 9.92. The molecule has 0 saturated carbocycles. The predicted molar refractivity (Wildman–Crippen MR) is 77.6 cm³/mol. The minimum Gasteiger partial charge on any atom is -0.380 e. The summed E-state index contributed by atoms with van der Waals surface area (Å²) in [4.78, 5) is 5.19. The Morgan fingerprint density at radius 3 is 2.58 bits per heavy atom. The molecule has 0 aliphatic carbocycles. The van der Waals surface area contributed by atoms with Crippen molar-refractivity contribution >= 4 is 0 Å². The molecule has 0 aromatic carbocycles. The Morgan fingerprint density at radius 1 is 1.21 bits per heavy atom. The van der Waals surface area contributed by atoms with E-state index >= 15 is 0 Å². The third kappa shape index (κ3) is 4.71. The Morgan fingerprint density at radius 2 is 1.95 bits per heavy atom. The highest BCUT2D eigenvalue weighted by Gasteiger charge is 2.33. The fourth-order valence-corrected chi connectivity index (χ4v) is 3.20. The summed E-state index contributed by atoms with van der Waals surface area (Å²) in [5.41, 5.74) is 0.0645. The van der Waals surface area contributed by atoms with Crippen LogP contribution in [0.1, 0.15) is 33.6 Å². The van der Waals surface area contributed by atoms with E-state index in [1.54, 1.807) is 0 Å². The fraction of sp³-hybridized carbons (Fsp3) is 1.00. The van der Waals surface area contributed by atoms with Gasteiger partial charge in [0, 0.05) is 52.0 Å². The van der Waals surface area contributed by atoms with Crippen LogP contribution in [0.3, 0.4) is 0 Å². The Labute approximate surface area is 118 Å². The lowest BCUT2D eigenvalue weighted by Crippen LogP contribution is -2.54. The molecule has 0 aromatic rings. The summed E-state index contributed by atoms with van der Waals surface area (Å²) in [5.74, 6) is 0. The first kappa shape index (κ1) is 15.2. The van der Waals surface area contributed by atoms with Gasteiger partial charge < -0.3 is 9.47 Å². The summed E-state index contributed by atoms with van der Waals surface area (Å²) >= 11 is 0. The highest BCUT2D eigenvalue weighted by atomic mass is 16.5. The van der Waals surface area contributed by atoms with Crippen LogP contribution in [-0.2, 0) is 9.47 Å². The summed E-state index contributed by atoms with van der Waals surface area (Å²) in [6.07, 6.45) is 2.37. The van der Waals surface area contributed by atoms with E-state index in [0.29, 0.717) is 0 Å². The summed E-state index contributed by atoms with van der Waals surface area (Å²) in [6.45, 7) is 15.0. The van der Waals surface area contributed by atoms with Crippen molar-refractivity contribution in [2.24, 2.45) is 0 Å². The maximum absolute atomic E-state index is 5.82. The molecule has 2 heterocycles. The van der Waals surface area contributed by atoms with Crippen molar-refractivity contribution in [3.63, 3.8) is 0 Å². The average molecular weight is 270 g/mol. The van der Waals surface area contributed by atoms with Crippen LogP contribution in [0.5, 0.6) is 0 Å². The third-order valence-electron chi connectivity index (χ3n) is 4.35. The molecule has 2 saturated heterocycles. The average Bonchev–Trinajstić information content (AvgIpc) is 2.39. The van der Waals surface area contributed by atoms with Gasteiger partial charge in [-0.1, -0.05) is 0 Å². The van der Waals surface area contributed by atoms with Gasteiger partial charge in [0.15, 0.2) is 0 Å². The molecule has 0 radical (unpaired) electrons. The van der Waals surface area contributed by atoms with Crippen molar-refractivity contribution in [3.05, 3.63) is 0 Å². The molecule has 2 fully saturated rings. The van der Waals surface area contributed by atoms with E-state index in [-0.39, 0.29) is 5.60 Å². The molecule has 1 unspecified atom stereocenters. The molecule has 19 heavy (non-hydrogen) atoms. The number of hydrogen-bond acceptors (Lipinski definition) is 4. The third-order valence-corrected chi connectivity index (χ3v) is 4.35. The van der Waals surface area contributed by atoms with E-state index in [1.807, 2.05) is 0 Å². The van der Waals surface area contributed by atoms with E-state index < -0.39 is 0 Å². The van der Waals surface area contributed by atoms with Gasteiger partial charge in [-0.05, 0) is 33.6 Å². The molecule has 0 bridgehead atoms. The van der Waals surface area contributed by atoms with Gasteiger partial charge in [-0.25, -0.2) is 0 Å². The fourth-order valence-electron chi connectivity index (χ4n) is 3.20. The zero-order valence-electron chi connectivity index (χ0n) is 12.9. The van der Waals surface area contributed by atoms with Gasteiger partial charge >= 0.3 is 0 Å². The van der Waals surface area contributed by atoms with Crippen molar-refractivity contribution in [1.29, 1.82) is 0 Å². The first-order chi connectivity index (χ1) is 9.11. The number of rotatable bonds is 5. The normalized spacial score (nSPS) is 29.5. The van der Waals surface area contributed by atoms with Crippen LogP contribution < -0.4 is 0 Å². The largest absolute Gasteiger partial charge is 0.380 e. The van der Waals surface area contributed by atoms with E-state index in [4.69, 9.17) is 9.47 Å². The van der Waals surface area contributed by atoms with Gasteiger partial charge in [0.1, 0.15) is 0 Å². The molecule has 2 rings (SSSR count). The Balaban J connectivity index is 1.70. The van der Waals surface area contributed by atoms with Gasteiger partial charge in [0.05, 0.1) is 12.2 Å². The molecular formula is C15H30N2O2. The molecule has 0 aromatic heterocycles. The zero-order valence-corrected chi connectivity index (χ0v) is 12.9. The molecule has 4 nitrogen and oxygen atoms in total. The van der Waals surface area contributed by atoms with Crippen LogP contribution >= 0.6 is 0 Å². The highest BCUT2D eigenvalue weighted by Crippen LogP contribution is 2.27. The molecule has 112 valence electrons. The Bertz CT molecular complexity index is 263. The SMILES string of the molecule is CCOCCN1CCN(C2CCOC(C)(C)C2)CC1. The number of hydrogen-bond donors (Lipinski definition) is 0. The lowest BCUT2D eigenvalue weighted by molar-refractivity contribution is -0.0884. The summed E-state index contributed by atoms with van der Waals surface area (Å²) in [7, 11) is 0. The van der Waals surface area contributed by atoms with Gasteiger partial charge in [-0.2, -0.15) is 0 Å². The van der Waals surface area contributed by atoms with Crippen LogP contribution in [0.4, 0.5) is 0 Å². The van der Waals surface area contributed by atoms with Gasteiger partial charge in [0.2, 0.25) is 0 Å². The summed E-state index contributed by atoms with van der Waals surface area (Å²) in [6, 6.07) is 0.720. The maximum Gasteiger partial charge on any atom is 0.0641 e. The van der Waals surface area contributed by atoms with E-state index in [9.17, 15) is 0 Å². The van der Waals surface area contributed by atoms with Gasteiger partial charge in [-0.15, -0.1) is 0 Å². The highest BCUT2D eigenvalue weighted by molar-refractivity contribution is 4.87.